The summed E-state index contributed by atoms with van der Waals surface area (Å²) in [4.78, 5) is 0. The van der Waals surface area contributed by atoms with E-state index < -0.39 is 0 Å². The fourth-order valence-corrected chi connectivity index (χ4v) is 1.94. The summed E-state index contributed by atoms with van der Waals surface area (Å²) in [5, 5.41) is 8.89. The molecule has 0 aromatic heterocycles. The van der Waals surface area contributed by atoms with Crippen molar-refractivity contribution in [2.75, 3.05) is 6.61 Å². The summed E-state index contributed by atoms with van der Waals surface area (Å²) in [5.41, 5.74) is 8.21. The van der Waals surface area contributed by atoms with Gasteiger partial charge in [-0.15, -0.1) is 0 Å². The second-order valence-corrected chi connectivity index (χ2v) is 4.22. The van der Waals surface area contributed by atoms with Crippen molar-refractivity contribution in [3.05, 3.63) is 59.9 Å². The van der Waals surface area contributed by atoms with E-state index in [1.165, 1.54) is 6.07 Å². The topological polar surface area (TPSA) is 46.2 Å². The smallest absolute Gasteiger partial charge is 0.131 e. The van der Waals surface area contributed by atoms with Crippen LogP contribution < -0.4 is 5.73 Å². The number of aliphatic hydroxyl groups is 1. The lowest BCUT2D eigenvalue weighted by atomic mass is 9.98. The first-order valence-electron chi connectivity index (χ1n) is 5.93. The first-order valence-corrected chi connectivity index (χ1v) is 5.93. The van der Waals surface area contributed by atoms with Gasteiger partial charge in [-0.05, 0) is 29.7 Å². The number of hydrogen-bond donors (Lipinski definition) is 2. The van der Waals surface area contributed by atoms with Crippen molar-refractivity contribution in [2.24, 2.45) is 5.73 Å². The summed E-state index contributed by atoms with van der Waals surface area (Å²) in [6, 6.07) is 13.9. The maximum Gasteiger partial charge on any atom is 0.131 e. The summed E-state index contributed by atoms with van der Waals surface area (Å²) >= 11 is 0. The number of nitrogens with two attached hydrogens (primary N) is 1. The Morgan fingerprint density at radius 2 is 1.89 bits per heavy atom. The van der Waals surface area contributed by atoms with Crippen LogP contribution in [0.2, 0.25) is 0 Å². The van der Waals surface area contributed by atoms with E-state index in [1.807, 2.05) is 24.3 Å². The Bertz CT molecular complexity index is 527. The van der Waals surface area contributed by atoms with Gasteiger partial charge in [-0.25, -0.2) is 4.39 Å². The maximum absolute atomic E-state index is 13.7. The molecule has 2 aromatic rings. The van der Waals surface area contributed by atoms with Gasteiger partial charge in [0.25, 0.3) is 0 Å². The highest BCUT2D eigenvalue weighted by Gasteiger charge is 2.08. The molecule has 0 bridgehead atoms. The molecule has 1 atom stereocenters. The fraction of sp³-hybridized carbons (Fsp3) is 0.200. The lowest BCUT2D eigenvalue weighted by Gasteiger charge is -2.12. The number of hydrogen-bond acceptors (Lipinski definition) is 2. The number of halogens is 1. The van der Waals surface area contributed by atoms with Gasteiger partial charge in [0.1, 0.15) is 5.82 Å². The van der Waals surface area contributed by atoms with Crippen LogP contribution in [0.3, 0.4) is 0 Å². The Kier molecular flexibility index (Phi) is 4.07. The molecular weight excluding hydrogens is 229 g/mol. The molecule has 0 spiro atoms. The molecule has 0 heterocycles. The van der Waals surface area contributed by atoms with Crippen molar-refractivity contribution in [3.63, 3.8) is 0 Å². The summed E-state index contributed by atoms with van der Waals surface area (Å²) in [5.74, 6) is -0.245. The Labute approximate surface area is 106 Å². The van der Waals surface area contributed by atoms with Gasteiger partial charge in [-0.3, -0.25) is 0 Å². The lowest BCUT2D eigenvalue weighted by molar-refractivity contribution is 0.276. The molecule has 0 aliphatic carbocycles. The molecule has 94 valence electrons. The van der Waals surface area contributed by atoms with E-state index in [4.69, 9.17) is 10.8 Å². The van der Waals surface area contributed by atoms with Crippen LogP contribution in [0, 0.1) is 5.82 Å². The third-order valence-electron chi connectivity index (χ3n) is 2.94. The Hall–Kier alpha value is -1.71. The quantitative estimate of drug-likeness (QED) is 0.870. The van der Waals surface area contributed by atoms with Crippen LogP contribution in [0.25, 0.3) is 11.1 Å². The molecule has 18 heavy (non-hydrogen) atoms. The highest BCUT2D eigenvalue weighted by atomic mass is 19.1. The zero-order valence-corrected chi connectivity index (χ0v) is 10.0. The summed E-state index contributed by atoms with van der Waals surface area (Å²) in [7, 11) is 0. The molecule has 0 amide bonds. The second-order valence-electron chi connectivity index (χ2n) is 4.22. The van der Waals surface area contributed by atoms with Crippen LogP contribution in [-0.2, 0) is 0 Å². The van der Waals surface area contributed by atoms with Gasteiger partial charge in [0.05, 0.1) is 0 Å². The van der Waals surface area contributed by atoms with Crippen LogP contribution in [0.15, 0.2) is 48.5 Å². The predicted molar refractivity (Wildman–Crippen MR) is 70.5 cm³/mol. The van der Waals surface area contributed by atoms with Gasteiger partial charge in [0, 0.05) is 18.2 Å². The molecule has 2 aromatic carbocycles. The average Bonchev–Trinajstić information content (AvgIpc) is 2.40. The van der Waals surface area contributed by atoms with Crippen molar-refractivity contribution in [2.45, 2.75) is 12.5 Å². The molecular formula is C15H16FNO. The predicted octanol–water partition coefficient (Wildman–Crippen LogP) is 2.87. The second kappa shape index (κ2) is 5.76. The number of aliphatic hydroxyl groups excluding tert-OH is 1. The normalized spacial score (nSPS) is 12.4. The van der Waals surface area contributed by atoms with Crippen molar-refractivity contribution in [1.82, 2.24) is 0 Å². The fourth-order valence-electron chi connectivity index (χ4n) is 1.94. The number of benzene rings is 2. The number of rotatable bonds is 4. The van der Waals surface area contributed by atoms with Gasteiger partial charge in [-0.2, -0.15) is 0 Å². The van der Waals surface area contributed by atoms with E-state index in [-0.39, 0.29) is 18.5 Å². The maximum atomic E-state index is 13.7. The molecule has 0 aliphatic heterocycles. The Balaban J connectivity index is 2.36. The minimum absolute atomic E-state index is 0.0467. The minimum Gasteiger partial charge on any atom is -0.396 e. The van der Waals surface area contributed by atoms with Gasteiger partial charge in [-0.1, -0.05) is 36.4 Å². The lowest BCUT2D eigenvalue weighted by Crippen LogP contribution is -2.11. The monoisotopic (exact) mass is 245 g/mol. The van der Waals surface area contributed by atoms with Crippen LogP contribution in [0.1, 0.15) is 18.0 Å². The summed E-state index contributed by atoms with van der Waals surface area (Å²) in [6.45, 7) is 0.0467. The zero-order valence-electron chi connectivity index (χ0n) is 10.0. The molecule has 0 radical (unpaired) electrons. The molecule has 0 saturated heterocycles. The third-order valence-corrected chi connectivity index (χ3v) is 2.94. The van der Waals surface area contributed by atoms with E-state index in [9.17, 15) is 4.39 Å². The molecule has 2 rings (SSSR count). The van der Waals surface area contributed by atoms with Gasteiger partial charge >= 0.3 is 0 Å². The first kappa shape index (κ1) is 12.7. The van der Waals surface area contributed by atoms with Crippen molar-refractivity contribution in [1.29, 1.82) is 0 Å². The van der Waals surface area contributed by atoms with E-state index in [0.29, 0.717) is 12.0 Å². The van der Waals surface area contributed by atoms with Crippen molar-refractivity contribution < 1.29 is 9.50 Å². The third kappa shape index (κ3) is 2.75. The van der Waals surface area contributed by atoms with E-state index in [2.05, 4.69) is 0 Å². The average molecular weight is 245 g/mol. The van der Waals surface area contributed by atoms with Crippen LogP contribution in [0.5, 0.6) is 0 Å². The zero-order chi connectivity index (χ0) is 13.0. The van der Waals surface area contributed by atoms with E-state index in [0.717, 1.165) is 11.1 Å². The Morgan fingerprint density at radius 3 is 2.61 bits per heavy atom. The van der Waals surface area contributed by atoms with Gasteiger partial charge < -0.3 is 10.8 Å². The molecule has 3 N–H and O–H groups in total. The van der Waals surface area contributed by atoms with E-state index in [1.54, 1.807) is 18.2 Å². The van der Waals surface area contributed by atoms with Crippen LogP contribution >= 0.6 is 0 Å². The SMILES string of the molecule is NC(CCO)c1cccc(-c2ccccc2F)c1. The van der Waals surface area contributed by atoms with Gasteiger partial charge in [0.2, 0.25) is 0 Å². The first-order chi connectivity index (χ1) is 8.72. The van der Waals surface area contributed by atoms with E-state index >= 15 is 0 Å². The standard InChI is InChI=1S/C15H16FNO/c16-14-7-2-1-6-13(14)11-4-3-5-12(10-11)15(17)8-9-18/h1-7,10,15,18H,8-9,17H2. The molecule has 2 nitrogen and oxygen atoms in total. The molecule has 0 fully saturated rings. The van der Waals surface area contributed by atoms with Crippen LogP contribution in [-0.4, -0.2) is 11.7 Å². The minimum atomic E-state index is -0.245. The van der Waals surface area contributed by atoms with Crippen molar-refractivity contribution >= 4 is 0 Å². The van der Waals surface area contributed by atoms with Crippen LogP contribution in [0.4, 0.5) is 4.39 Å². The molecule has 1 unspecified atom stereocenters. The highest BCUT2D eigenvalue weighted by molar-refractivity contribution is 5.64. The molecule has 3 heteroatoms. The summed E-state index contributed by atoms with van der Waals surface area (Å²) in [6.07, 6.45) is 0.501. The van der Waals surface area contributed by atoms with Gasteiger partial charge in [0.15, 0.2) is 0 Å². The molecule has 0 aliphatic rings. The molecule has 0 saturated carbocycles. The van der Waals surface area contributed by atoms with Crippen molar-refractivity contribution in [3.8, 4) is 11.1 Å². The summed E-state index contributed by atoms with van der Waals surface area (Å²) < 4.78 is 13.7. The Morgan fingerprint density at radius 1 is 1.11 bits per heavy atom. The largest absolute Gasteiger partial charge is 0.396 e. The highest BCUT2D eigenvalue weighted by Crippen LogP contribution is 2.25.